The lowest BCUT2D eigenvalue weighted by Crippen LogP contribution is -2.46. The predicted octanol–water partition coefficient (Wildman–Crippen LogP) is 1.56. The Kier molecular flexibility index (Phi) is 6.68. The van der Waals surface area contributed by atoms with Crippen LogP contribution >= 0.6 is 12.4 Å². The fraction of sp³-hybridized carbons (Fsp3) is 1.00. The average molecular weight is 210 g/mol. The van der Waals surface area contributed by atoms with Gasteiger partial charge in [0, 0.05) is 39.1 Å². The fourth-order valence-corrected chi connectivity index (χ4v) is 1.66. The van der Waals surface area contributed by atoms with Gasteiger partial charge in [-0.05, 0) is 13.8 Å². The van der Waals surface area contributed by atoms with Gasteiger partial charge in [0.15, 0.2) is 5.79 Å². The van der Waals surface area contributed by atoms with E-state index < -0.39 is 0 Å². The van der Waals surface area contributed by atoms with Crippen molar-refractivity contribution in [2.24, 2.45) is 0 Å². The summed E-state index contributed by atoms with van der Waals surface area (Å²) in [7, 11) is 0. The molecule has 0 atom stereocenters. The third kappa shape index (κ3) is 3.81. The van der Waals surface area contributed by atoms with Crippen molar-refractivity contribution < 1.29 is 9.47 Å². The molecule has 0 aromatic carbocycles. The molecular formula is C9H20ClNO2. The fourth-order valence-electron chi connectivity index (χ4n) is 1.66. The van der Waals surface area contributed by atoms with E-state index in [0.717, 1.165) is 39.1 Å². The molecule has 0 unspecified atom stereocenters. The summed E-state index contributed by atoms with van der Waals surface area (Å²) in [5, 5.41) is 3.30. The molecule has 1 heterocycles. The van der Waals surface area contributed by atoms with Gasteiger partial charge in [0.05, 0.1) is 0 Å². The average Bonchev–Trinajstić information content (AvgIpc) is 2.07. The standard InChI is InChI=1S/C9H19NO2.ClH/c1-3-11-9(12-4-2)5-7-10-8-6-9;/h10H,3-8H2,1-2H3;1H. The molecule has 1 rings (SSSR count). The zero-order valence-electron chi connectivity index (χ0n) is 8.47. The Morgan fingerprint density at radius 3 is 1.92 bits per heavy atom. The molecule has 80 valence electrons. The summed E-state index contributed by atoms with van der Waals surface area (Å²) in [5.74, 6) is -0.283. The minimum Gasteiger partial charge on any atom is -0.350 e. The van der Waals surface area contributed by atoms with Crippen LogP contribution in [0.4, 0.5) is 0 Å². The predicted molar refractivity (Wildman–Crippen MR) is 55.3 cm³/mol. The van der Waals surface area contributed by atoms with Crippen LogP contribution in [0, 0.1) is 0 Å². The lowest BCUT2D eigenvalue weighted by atomic mass is 10.1. The maximum Gasteiger partial charge on any atom is 0.170 e. The highest BCUT2D eigenvalue weighted by molar-refractivity contribution is 5.85. The van der Waals surface area contributed by atoms with E-state index in [-0.39, 0.29) is 18.2 Å². The highest BCUT2D eigenvalue weighted by Gasteiger charge is 2.32. The Morgan fingerprint density at radius 2 is 1.54 bits per heavy atom. The third-order valence-electron chi connectivity index (χ3n) is 2.18. The van der Waals surface area contributed by atoms with Crippen LogP contribution in [0.15, 0.2) is 0 Å². The first-order valence-corrected chi connectivity index (χ1v) is 4.81. The van der Waals surface area contributed by atoms with Gasteiger partial charge in [0.2, 0.25) is 0 Å². The van der Waals surface area contributed by atoms with Gasteiger partial charge >= 0.3 is 0 Å². The SMILES string of the molecule is CCOC1(OCC)CCNCC1.Cl. The Labute approximate surface area is 86.6 Å². The molecule has 1 aliphatic heterocycles. The maximum atomic E-state index is 5.65. The number of nitrogens with one attached hydrogen (secondary N) is 1. The third-order valence-corrected chi connectivity index (χ3v) is 2.18. The van der Waals surface area contributed by atoms with Gasteiger partial charge in [-0.25, -0.2) is 0 Å². The van der Waals surface area contributed by atoms with Crippen LogP contribution < -0.4 is 5.32 Å². The van der Waals surface area contributed by atoms with E-state index in [4.69, 9.17) is 9.47 Å². The maximum absolute atomic E-state index is 5.65. The largest absolute Gasteiger partial charge is 0.350 e. The quantitative estimate of drug-likeness (QED) is 0.713. The van der Waals surface area contributed by atoms with Crippen LogP contribution in [0.25, 0.3) is 0 Å². The Morgan fingerprint density at radius 1 is 1.08 bits per heavy atom. The van der Waals surface area contributed by atoms with Gasteiger partial charge in [-0.1, -0.05) is 0 Å². The van der Waals surface area contributed by atoms with Crippen LogP contribution in [-0.4, -0.2) is 32.1 Å². The van der Waals surface area contributed by atoms with Crippen LogP contribution in [-0.2, 0) is 9.47 Å². The molecule has 1 fully saturated rings. The van der Waals surface area contributed by atoms with Gasteiger partial charge in [-0.3, -0.25) is 0 Å². The summed E-state index contributed by atoms with van der Waals surface area (Å²) in [4.78, 5) is 0. The van der Waals surface area contributed by atoms with Crippen molar-refractivity contribution in [2.75, 3.05) is 26.3 Å². The number of piperidine rings is 1. The van der Waals surface area contributed by atoms with Gasteiger partial charge in [-0.15, -0.1) is 12.4 Å². The molecule has 13 heavy (non-hydrogen) atoms. The zero-order chi connectivity index (χ0) is 8.86. The molecule has 3 nitrogen and oxygen atoms in total. The molecule has 0 aromatic rings. The molecule has 1 saturated heterocycles. The first kappa shape index (κ1) is 13.2. The smallest absolute Gasteiger partial charge is 0.170 e. The molecule has 0 bridgehead atoms. The van der Waals surface area contributed by atoms with Gasteiger partial charge in [-0.2, -0.15) is 0 Å². The van der Waals surface area contributed by atoms with Crippen molar-refractivity contribution in [2.45, 2.75) is 32.5 Å². The van der Waals surface area contributed by atoms with E-state index in [9.17, 15) is 0 Å². The number of hydrogen-bond donors (Lipinski definition) is 1. The molecule has 0 spiro atoms. The summed E-state index contributed by atoms with van der Waals surface area (Å²) in [6.07, 6.45) is 1.93. The second-order valence-electron chi connectivity index (χ2n) is 3.03. The topological polar surface area (TPSA) is 30.5 Å². The molecule has 1 aliphatic rings. The first-order valence-electron chi connectivity index (χ1n) is 4.81. The molecule has 1 N–H and O–H groups in total. The molecule has 0 saturated carbocycles. The zero-order valence-corrected chi connectivity index (χ0v) is 9.28. The van der Waals surface area contributed by atoms with E-state index in [2.05, 4.69) is 5.32 Å². The van der Waals surface area contributed by atoms with Crippen molar-refractivity contribution in [1.29, 1.82) is 0 Å². The lowest BCUT2D eigenvalue weighted by Gasteiger charge is -2.36. The number of hydrogen-bond acceptors (Lipinski definition) is 3. The molecule has 4 heteroatoms. The van der Waals surface area contributed by atoms with E-state index in [1.54, 1.807) is 0 Å². The van der Waals surface area contributed by atoms with Gasteiger partial charge < -0.3 is 14.8 Å². The monoisotopic (exact) mass is 209 g/mol. The minimum atomic E-state index is -0.283. The van der Waals surface area contributed by atoms with Crippen molar-refractivity contribution in [3.63, 3.8) is 0 Å². The number of rotatable bonds is 4. The Bertz CT molecular complexity index is 111. The van der Waals surface area contributed by atoms with Crippen LogP contribution in [0.5, 0.6) is 0 Å². The van der Waals surface area contributed by atoms with Crippen LogP contribution in [0.3, 0.4) is 0 Å². The minimum absolute atomic E-state index is 0. The summed E-state index contributed by atoms with van der Waals surface area (Å²) in [6.45, 7) is 7.51. The summed E-state index contributed by atoms with van der Waals surface area (Å²) < 4.78 is 11.3. The van der Waals surface area contributed by atoms with Crippen molar-refractivity contribution >= 4 is 12.4 Å². The molecule has 0 amide bonds. The number of ether oxygens (including phenoxy) is 2. The van der Waals surface area contributed by atoms with E-state index in [1.807, 2.05) is 13.8 Å². The number of halogens is 1. The van der Waals surface area contributed by atoms with Crippen molar-refractivity contribution in [3.05, 3.63) is 0 Å². The van der Waals surface area contributed by atoms with E-state index >= 15 is 0 Å². The normalized spacial score (nSPS) is 20.8. The summed E-state index contributed by atoms with van der Waals surface area (Å²) in [6, 6.07) is 0. The lowest BCUT2D eigenvalue weighted by molar-refractivity contribution is -0.244. The van der Waals surface area contributed by atoms with Crippen LogP contribution in [0.1, 0.15) is 26.7 Å². The molecular weight excluding hydrogens is 190 g/mol. The second kappa shape index (κ2) is 6.60. The molecule has 0 aromatic heterocycles. The Balaban J connectivity index is 0.00000144. The highest BCUT2D eigenvalue weighted by atomic mass is 35.5. The van der Waals surface area contributed by atoms with E-state index in [0.29, 0.717) is 0 Å². The Hall–Kier alpha value is 0.170. The van der Waals surface area contributed by atoms with Gasteiger partial charge in [0.25, 0.3) is 0 Å². The highest BCUT2D eigenvalue weighted by Crippen LogP contribution is 2.24. The first-order chi connectivity index (χ1) is 5.83. The second-order valence-corrected chi connectivity index (χ2v) is 3.03. The molecule has 0 aliphatic carbocycles. The molecule has 0 radical (unpaired) electrons. The van der Waals surface area contributed by atoms with Crippen LogP contribution in [0.2, 0.25) is 0 Å². The van der Waals surface area contributed by atoms with Crippen molar-refractivity contribution in [3.8, 4) is 0 Å². The summed E-state index contributed by atoms with van der Waals surface area (Å²) in [5.41, 5.74) is 0. The summed E-state index contributed by atoms with van der Waals surface area (Å²) >= 11 is 0. The van der Waals surface area contributed by atoms with E-state index in [1.165, 1.54) is 0 Å². The van der Waals surface area contributed by atoms with Gasteiger partial charge in [0.1, 0.15) is 0 Å². The van der Waals surface area contributed by atoms with Crippen molar-refractivity contribution in [1.82, 2.24) is 5.32 Å².